The van der Waals surface area contributed by atoms with Crippen molar-refractivity contribution >= 4 is 46.9 Å². The number of hydrogen-bond acceptors (Lipinski definition) is 8. The molecule has 1 aliphatic heterocycles. The van der Waals surface area contributed by atoms with Crippen molar-refractivity contribution in [3.63, 3.8) is 0 Å². The van der Waals surface area contributed by atoms with E-state index in [1.807, 2.05) is 0 Å². The van der Waals surface area contributed by atoms with E-state index in [0.717, 1.165) is 0 Å². The number of carbonyl (C=O) groups is 4. The molecule has 56 heavy (non-hydrogen) atoms. The molecule has 16 nitrogen and oxygen atoms in total. The Kier molecular flexibility index (Phi) is 14.4. The topological polar surface area (TPSA) is 166 Å². The first-order chi connectivity index (χ1) is 27.2. The van der Waals surface area contributed by atoms with Gasteiger partial charge in [-0.2, -0.15) is 0 Å². The number of hydrogen-bond donors (Lipinski definition) is 4. The summed E-state index contributed by atoms with van der Waals surface area (Å²) in [7, 11) is 6.24. The van der Waals surface area contributed by atoms with E-state index in [1.54, 1.807) is 145 Å². The van der Waals surface area contributed by atoms with E-state index in [2.05, 4.69) is 21.3 Å². The van der Waals surface area contributed by atoms with Gasteiger partial charge in [0.2, 0.25) is 0 Å². The van der Waals surface area contributed by atoms with Crippen molar-refractivity contribution < 1.29 is 38.1 Å². The molecule has 5 rings (SSSR count). The lowest BCUT2D eigenvalue weighted by molar-refractivity contribution is 0.156. The smallest absolute Gasteiger partial charge is 0.321 e. The van der Waals surface area contributed by atoms with Gasteiger partial charge in [0, 0.05) is 75.1 Å². The second-order valence-electron chi connectivity index (χ2n) is 12.6. The van der Waals surface area contributed by atoms with Gasteiger partial charge in [-0.05, 0) is 97.1 Å². The van der Waals surface area contributed by atoms with Crippen LogP contribution in [0.15, 0.2) is 97.1 Å². The van der Waals surface area contributed by atoms with Gasteiger partial charge in [0.15, 0.2) is 0 Å². The van der Waals surface area contributed by atoms with Crippen LogP contribution in [0.5, 0.6) is 23.0 Å². The van der Waals surface area contributed by atoms with Crippen LogP contribution in [0, 0.1) is 0 Å². The highest BCUT2D eigenvalue weighted by molar-refractivity contribution is 5.92. The van der Waals surface area contributed by atoms with E-state index in [9.17, 15) is 19.2 Å². The summed E-state index contributed by atoms with van der Waals surface area (Å²) in [5, 5.41) is 11.7. The predicted octanol–water partition coefficient (Wildman–Crippen LogP) is 6.17. The van der Waals surface area contributed by atoms with E-state index in [-0.39, 0.29) is 52.4 Å². The highest BCUT2D eigenvalue weighted by atomic mass is 16.5. The monoisotopic (exact) mass is 768 g/mol. The van der Waals surface area contributed by atoms with Crippen molar-refractivity contribution in [1.29, 1.82) is 0 Å². The molecule has 0 aliphatic carbocycles. The molecule has 0 radical (unpaired) electrons. The molecule has 4 aromatic carbocycles. The number of ether oxygens (including phenoxy) is 4. The van der Waals surface area contributed by atoms with Gasteiger partial charge in [-0.3, -0.25) is 0 Å². The summed E-state index contributed by atoms with van der Waals surface area (Å²) in [6, 6.07) is 26.0. The molecule has 4 N–H and O–H groups in total. The average Bonchev–Trinajstić information content (AvgIpc) is 3.22. The number of benzene rings is 4. The van der Waals surface area contributed by atoms with E-state index < -0.39 is 24.1 Å². The Morgan fingerprint density at radius 1 is 0.339 bits per heavy atom. The van der Waals surface area contributed by atoms with Gasteiger partial charge in [0.1, 0.15) is 23.0 Å². The number of methoxy groups -OCH3 is 4. The molecule has 0 saturated carbocycles. The van der Waals surface area contributed by atoms with Crippen LogP contribution >= 0.6 is 0 Å². The van der Waals surface area contributed by atoms with E-state index in [1.165, 1.54) is 0 Å². The molecule has 1 fully saturated rings. The summed E-state index contributed by atoms with van der Waals surface area (Å²) in [6.45, 7) is 0.921. The molecule has 1 saturated heterocycles. The third-order valence-corrected chi connectivity index (χ3v) is 9.07. The molecule has 0 bridgehead atoms. The molecule has 0 atom stereocenters. The van der Waals surface area contributed by atoms with Gasteiger partial charge < -0.3 is 59.8 Å². The third kappa shape index (κ3) is 11.6. The Balaban J connectivity index is 1.40. The Hall–Kier alpha value is -6.84. The first-order valence-corrected chi connectivity index (χ1v) is 18.0. The van der Waals surface area contributed by atoms with Crippen LogP contribution in [0.4, 0.5) is 41.9 Å². The molecule has 0 aromatic heterocycles. The lowest BCUT2D eigenvalue weighted by Crippen LogP contribution is -2.52. The molecule has 0 spiro atoms. The minimum absolute atomic E-state index is 0.115. The second-order valence-corrected chi connectivity index (χ2v) is 12.6. The molecule has 296 valence electrons. The number of urea groups is 4. The van der Waals surface area contributed by atoms with Crippen molar-refractivity contribution in [3.05, 3.63) is 97.1 Å². The summed E-state index contributed by atoms with van der Waals surface area (Å²) < 4.78 is 21.0. The van der Waals surface area contributed by atoms with Crippen LogP contribution < -0.4 is 40.2 Å². The minimum atomic E-state index is -0.418. The highest BCUT2D eigenvalue weighted by Gasteiger charge is 2.25. The SMILES string of the molecule is COc1ccc(NC(=O)N2CCN(C(=O)Nc3ccc(OC)cc3)CCN(C(=O)Nc3ccc(OC)cc3)CCN(C(=O)Nc3ccc(OC)cc3)CC2)cc1. The number of anilines is 4. The summed E-state index contributed by atoms with van der Waals surface area (Å²) in [6.07, 6.45) is 0. The first kappa shape index (κ1) is 40.3. The summed E-state index contributed by atoms with van der Waals surface area (Å²) >= 11 is 0. The van der Waals surface area contributed by atoms with E-state index >= 15 is 0 Å². The van der Waals surface area contributed by atoms with Gasteiger partial charge in [-0.1, -0.05) is 0 Å². The van der Waals surface area contributed by atoms with Crippen molar-refractivity contribution in [1.82, 2.24) is 19.6 Å². The summed E-state index contributed by atoms with van der Waals surface area (Å²) in [5.41, 5.74) is 2.18. The Labute approximate surface area is 326 Å². The number of nitrogens with zero attached hydrogens (tertiary/aromatic N) is 4. The van der Waals surface area contributed by atoms with Crippen LogP contribution in [0.3, 0.4) is 0 Å². The second kappa shape index (κ2) is 20.0. The standard InChI is InChI=1S/C40H48N8O8/c1-53-33-13-5-29(6-14-33)41-37(49)45-21-23-46(38(50)42-30-7-15-34(54-2)16-8-30)25-27-48(40(52)44-32-11-19-36(56-4)20-12-32)28-26-47(24-22-45)39(51)43-31-9-17-35(55-3)18-10-31/h5-20H,21-28H2,1-4H3,(H,41,49)(H,42,50)(H,43,51)(H,44,52). The maximum Gasteiger partial charge on any atom is 0.321 e. The van der Waals surface area contributed by atoms with E-state index in [4.69, 9.17) is 18.9 Å². The van der Waals surface area contributed by atoms with Gasteiger partial charge in [0.25, 0.3) is 0 Å². The van der Waals surface area contributed by atoms with Crippen LogP contribution in [-0.2, 0) is 0 Å². The van der Waals surface area contributed by atoms with Crippen molar-refractivity contribution in [2.45, 2.75) is 0 Å². The zero-order valence-corrected chi connectivity index (χ0v) is 31.9. The minimum Gasteiger partial charge on any atom is -0.497 e. The third-order valence-electron chi connectivity index (χ3n) is 9.07. The summed E-state index contributed by atoms with van der Waals surface area (Å²) in [5.74, 6) is 2.55. The fourth-order valence-electron chi connectivity index (χ4n) is 5.73. The van der Waals surface area contributed by atoms with Gasteiger partial charge in [-0.15, -0.1) is 0 Å². The van der Waals surface area contributed by atoms with Crippen molar-refractivity contribution in [2.75, 3.05) is 102 Å². The van der Waals surface area contributed by atoms with Crippen LogP contribution in [-0.4, -0.2) is 125 Å². The molecule has 1 aliphatic rings. The van der Waals surface area contributed by atoms with Crippen LogP contribution in [0.2, 0.25) is 0 Å². The number of carbonyl (C=O) groups excluding carboxylic acids is 4. The molecule has 1 heterocycles. The molecular weight excluding hydrogens is 720 g/mol. The molecule has 16 heteroatoms. The van der Waals surface area contributed by atoms with Gasteiger partial charge in [0.05, 0.1) is 28.4 Å². The van der Waals surface area contributed by atoms with Gasteiger partial charge in [-0.25, -0.2) is 19.2 Å². The van der Waals surface area contributed by atoms with E-state index in [0.29, 0.717) is 45.7 Å². The number of rotatable bonds is 8. The highest BCUT2D eigenvalue weighted by Crippen LogP contribution is 2.20. The fraction of sp³-hybridized carbons (Fsp3) is 0.300. The number of nitrogens with one attached hydrogen (secondary N) is 4. The molecule has 8 amide bonds. The average molecular weight is 769 g/mol. The van der Waals surface area contributed by atoms with Crippen LogP contribution in [0.25, 0.3) is 0 Å². The largest absolute Gasteiger partial charge is 0.497 e. The normalized spacial score (nSPS) is 13.6. The molecular formula is C40H48N8O8. The van der Waals surface area contributed by atoms with Crippen LogP contribution in [0.1, 0.15) is 0 Å². The lowest BCUT2D eigenvalue weighted by Gasteiger charge is -2.34. The predicted molar refractivity (Wildman–Crippen MR) is 214 cm³/mol. The number of amides is 8. The quantitative estimate of drug-likeness (QED) is 0.165. The maximum atomic E-state index is 13.8. The Morgan fingerprint density at radius 2 is 0.500 bits per heavy atom. The molecule has 4 aromatic rings. The summed E-state index contributed by atoms with van der Waals surface area (Å²) in [4.78, 5) is 61.4. The lowest BCUT2D eigenvalue weighted by atomic mass is 10.3. The zero-order valence-electron chi connectivity index (χ0n) is 31.9. The van der Waals surface area contributed by atoms with Crippen molar-refractivity contribution in [2.24, 2.45) is 0 Å². The fourth-order valence-corrected chi connectivity index (χ4v) is 5.73. The maximum absolute atomic E-state index is 13.8. The first-order valence-electron chi connectivity index (χ1n) is 18.0. The zero-order chi connectivity index (χ0) is 39.9. The Morgan fingerprint density at radius 3 is 0.643 bits per heavy atom. The van der Waals surface area contributed by atoms with Crippen molar-refractivity contribution in [3.8, 4) is 23.0 Å². The Bertz CT molecular complexity index is 1600. The van der Waals surface area contributed by atoms with Gasteiger partial charge >= 0.3 is 24.1 Å². The molecule has 0 unspecified atom stereocenters.